The minimum absolute atomic E-state index is 0.231. The minimum atomic E-state index is -4.19. The Morgan fingerprint density at radius 3 is 2.48 bits per heavy atom. The van der Waals surface area contributed by atoms with E-state index >= 15 is 0 Å². The van der Waals surface area contributed by atoms with Crippen LogP contribution in [-0.2, 0) is 6.42 Å². The summed E-state index contributed by atoms with van der Waals surface area (Å²) in [4.78, 5) is 3.83. The van der Waals surface area contributed by atoms with Gasteiger partial charge in [0.1, 0.15) is 5.82 Å². The van der Waals surface area contributed by atoms with Crippen molar-refractivity contribution in [2.75, 3.05) is 20.1 Å². The molecule has 0 heterocycles. The summed E-state index contributed by atoms with van der Waals surface area (Å²) >= 11 is 3.10. The Kier molecular flexibility index (Phi) is 6.94. The Hall–Kier alpha value is -1.31. The van der Waals surface area contributed by atoms with Gasteiger partial charge in [0.05, 0.1) is 10.9 Å². The molecule has 0 spiro atoms. The zero-order valence-electron chi connectivity index (χ0n) is 11.4. The SMILES string of the molecule is CN=C(NCCc1ccc(F)c(Br)c1)NCCC(F)(F)F. The summed E-state index contributed by atoms with van der Waals surface area (Å²) in [6.07, 6.45) is -4.51. The van der Waals surface area contributed by atoms with Crippen LogP contribution in [0.2, 0.25) is 0 Å². The first-order valence-electron chi connectivity index (χ1n) is 6.27. The molecule has 0 atom stereocenters. The van der Waals surface area contributed by atoms with Gasteiger partial charge in [-0.25, -0.2) is 4.39 Å². The van der Waals surface area contributed by atoms with Crippen molar-refractivity contribution in [3.63, 3.8) is 0 Å². The predicted octanol–water partition coefficient (Wildman–Crippen LogP) is 3.25. The average molecular weight is 370 g/mol. The number of rotatable bonds is 5. The first kappa shape index (κ1) is 17.7. The number of aliphatic imine (C=N–C) groups is 1. The number of nitrogens with zero attached hydrogens (tertiary/aromatic N) is 1. The molecule has 0 aliphatic heterocycles. The molecular weight excluding hydrogens is 354 g/mol. The first-order valence-corrected chi connectivity index (χ1v) is 7.06. The Labute approximate surface area is 129 Å². The number of guanidine groups is 1. The maximum absolute atomic E-state index is 13.1. The van der Waals surface area contributed by atoms with E-state index in [2.05, 4.69) is 31.6 Å². The van der Waals surface area contributed by atoms with Crippen LogP contribution in [0.1, 0.15) is 12.0 Å². The molecule has 21 heavy (non-hydrogen) atoms. The lowest BCUT2D eigenvalue weighted by atomic mass is 10.1. The van der Waals surface area contributed by atoms with E-state index in [-0.39, 0.29) is 12.4 Å². The molecule has 0 aliphatic rings. The fraction of sp³-hybridized carbons (Fsp3) is 0.462. The molecule has 0 saturated heterocycles. The predicted molar refractivity (Wildman–Crippen MR) is 77.8 cm³/mol. The number of nitrogens with one attached hydrogen (secondary N) is 2. The molecule has 0 radical (unpaired) electrons. The summed E-state index contributed by atoms with van der Waals surface area (Å²) in [6.45, 7) is 0.245. The zero-order valence-corrected chi connectivity index (χ0v) is 13.0. The van der Waals surface area contributed by atoms with Gasteiger partial charge in [-0.15, -0.1) is 0 Å². The highest BCUT2D eigenvalue weighted by molar-refractivity contribution is 9.10. The van der Waals surface area contributed by atoms with Crippen LogP contribution in [0.5, 0.6) is 0 Å². The Morgan fingerprint density at radius 2 is 1.90 bits per heavy atom. The van der Waals surface area contributed by atoms with Crippen LogP contribution < -0.4 is 10.6 Å². The van der Waals surface area contributed by atoms with Crippen molar-refractivity contribution in [3.05, 3.63) is 34.1 Å². The van der Waals surface area contributed by atoms with E-state index in [0.717, 1.165) is 5.56 Å². The normalized spacial score (nSPS) is 12.4. The van der Waals surface area contributed by atoms with E-state index in [4.69, 9.17) is 0 Å². The molecule has 118 valence electrons. The first-order chi connectivity index (χ1) is 9.81. The molecule has 0 unspecified atom stereocenters. The lowest BCUT2D eigenvalue weighted by molar-refractivity contribution is -0.132. The molecule has 3 nitrogen and oxygen atoms in total. The van der Waals surface area contributed by atoms with Gasteiger partial charge in [0.2, 0.25) is 0 Å². The second kappa shape index (κ2) is 8.21. The Morgan fingerprint density at radius 1 is 1.24 bits per heavy atom. The smallest absolute Gasteiger partial charge is 0.356 e. The molecule has 1 rings (SSSR count). The summed E-state index contributed by atoms with van der Waals surface area (Å²) in [5, 5.41) is 5.48. The van der Waals surface area contributed by atoms with Crippen molar-refractivity contribution in [2.45, 2.75) is 19.0 Å². The van der Waals surface area contributed by atoms with Gasteiger partial charge in [-0.2, -0.15) is 13.2 Å². The van der Waals surface area contributed by atoms with E-state index in [1.807, 2.05) is 0 Å². The van der Waals surface area contributed by atoms with Crippen LogP contribution in [0.25, 0.3) is 0 Å². The molecule has 8 heteroatoms. The number of alkyl halides is 3. The molecule has 1 aromatic rings. The molecule has 1 aromatic carbocycles. The lowest BCUT2D eigenvalue weighted by Gasteiger charge is -2.13. The van der Waals surface area contributed by atoms with Crippen molar-refractivity contribution in [2.24, 2.45) is 4.99 Å². The largest absolute Gasteiger partial charge is 0.390 e. The minimum Gasteiger partial charge on any atom is -0.356 e. The third-order valence-corrected chi connectivity index (χ3v) is 3.22. The quantitative estimate of drug-likeness (QED) is 0.474. The van der Waals surface area contributed by atoms with Crippen LogP contribution >= 0.6 is 15.9 Å². The lowest BCUT2D eigenvalue weighted by Crippen LogP contribution is -2.39. The van der Waals surface area contributed by atoms with E-state index < -0.39 is 12.6 Å². The van der Waals surface area contributed by atoms with Gasteiger partial charge in [0, 0.05) is 20.1 Å². The second-order valence-corrected chi connectivity index (χ2v) is 5.14. The van der Waals surface area contributed by atoms with E-state index in [1.54, 1.807) is 12.1 Å². The van der Waals surface area contributed by atoms with E-state index in [9.17, 15) is 17.6 Å². The fourth-order valence-electron chi connectivity index (χ4n) is 1.56. The topological polar surface area (TPSA) is 36.4 Å². The van der Waals surface area contributed by atoms with Gasteiger partial charge in [0.15, 0.2) is 5.96 Å². The number of hydrogen-bond acceptors (Lipinski definition) is 1. The van der Waals surface area contributed by atoms with Gasteiger partial charge >= 0.3 is 6.18 Å². The van der Waals surface area contributed by atoms with Crippen LogP contribution in [0.4, 0.5) is 17.6 Å². The monoisotopic (exact) mass is 369 g/mol. The summed E-state index contributed by atoms with van der Waals surface area (Å²) in [6, 6.07) is 4.67. The molecule has 0 aliphatic carbocycles. The van der Waals surface area contributed by atoms with Gasteiger partial charge < -0.3 is 10.6 Å². The molecule has 0 fully saturated rings. The zero-order chi connectivity index (χ0) is 15.9. The summed E-state index contributed by atoms with van der Waals surface area (Å²) in [7, 11) is 1.48. The van der Waals surface area contributed by atoms with Crippen molar-refractivity contribution in [3.8, 4) is 0 Å². The molecule has 0 amide bonds. The highest BCUT2D eigenvalue weighted by Gasteiger charge is 2.26. The maximum atomic E-state index is 13.1. The molecule has 0 saturated carbocycles. The molecule has 0 aromatic heterocycles. The van der Waals surface area contributed by atoms with Gasteiger partial charge in [-0.1, -0.05) is 6.07 Å². The summed E-state index contributed by atoms with van der Waals surface area (Å²) in [5.41, 5.74) is 0.904. The van der Waals surface area contributed by atoms with Crippen LogP contribution in [0, 0.1) is 5.82 Å². The summed E-state index contributed by atoms with van der Waals surface area (Å²) < 4.78 is 49.5. The number of benzene rings is 1. The standard InChI is InChI=1S/C13H16BrF4N3/c1-19-12(21-7-5-13(16,17)18)20-6-4-9-2-3-11(15)10(14)8-9/h2-3,8H,4-7H2,1H3,(H2,19,20,21). The number of halogens is 5. The van der Waals surface area contributed by atoms with Gasteiger partial charge in [0.25, 0.3) is 0 Å². The fourth-order valence-corrected chi connectivity index (χ4v) is 1.99. The van der Waals surface area contributed by atoms with Crippen LogP contribution in [0.3, 0.4) is 0 Å². The van der Waals surface area contributed by atoms with Crippen LogP contribution in [-0.4, -0.2) is 32.3 Å². The van der Waals surface area contributed by atoms with E-state index in [1.165, 1.54) is 13.1 Å². The molecular formula is C13H16BrF4N3. The molecule has 2 N–H and O–H groups in total. The third-order valence-electron chi connectivity index (χ3n) is 2.61. The van der Waals surface area contributed by atoms with Gasteiger partial charge in [-0.3, -0.25) is 4.99 Å². The Balaban J connectivity index is 2.33. The highest BCUT2D eigenvalue weighted by atomic mass is 79.9. The van der Waals surface area contributed by atoms with Crippen molar-refractivity contribution < 1.29 is 17.6 Å². The second-order valence-electron chi connectivity index (χ2n) is 4.29. The van der Waals surface area contributed by atoms with E-state index in [0.29, 0.717) is 23.4 Å². The summed E-state index contributed by atoms with van der Waals surface area (Å²) in [5.74, 6) is -0.0308. The Bertz CT molecular complexity index is 489. The average Bonchev–Trinajstić information content (AvgIpc) is 2.39. The number of hydrogen-bond donors (Lipinski definition) is 2. The van der Waals surface area contributed by atoms with Crippen LogP contribution in [0.15, 0.2) is 27.7 Å². The maximum Gasteiger partial charge on any atom is 0.390 e. The molecule has 0 bridgehead atoms. The third kappa shape index (κ3) is 7.31. The van der Waals surface area contributed by atoms with Gasteiger partial charge in [-0.05, 0) is 40.0 Å². The highest BCUT2D eigenvalue weighted by Crippen LogP contribution is 2.18. The van der Waals surface area contributed by atoms with Crippen molar-refractivity contribution in [1.82, 2.24) is 10.6 Å². The van der Waals surface area contributed by atoms with Crippen molar-refractivity contribution >= 4 is 21.9 Å². The van der Waals surface area contributed by atoms with Crippen molar-refractivity contribution in [1.29, 1.82) is 0 Å².